The van der Waals surface area contributed by atoms with Crippen LogP contribution in [0.1, 0.15) is 112 Å². The molecule has 4 aromatic carbocycles. The molecule has 0 aliphatic carbocycles. The molecule has 8 heterocycles. The number of aliphatic hydroxyl groups excluding tert-OH is 32. The van der Waals surface area contributed by atoms with Gasteiger partial charge in [0.05, 0.1) is 114 Å². The SMILES string of the molecule is COC(=O)c1cc(/C=C/C[C@H]2O[C@H](CO)[C@@H](O)[C@H](O)[C@@H]2O)ccc1/C=C/C[C@H]1O[C@H](CO)[C@@H](O)[C@H](O)[C@@H]1O.Cc1cc(/C=C/C[C@H]2O[C@H](CO)[C@@H](O)[C@H](O)[C@@H]2O)ccc1/C=C/C[C@H]1O[C@H](CO)[C@@H](O)[C@H](O)[C@@H]1O.OC[C@H]1O[C@H](C/C=C/c2ccc(/C=C/C[C@H]3O[C@H](CO)[C@@H](O)[C@H](O)[C@@H]3O)c(F)c2)[C@@H](O)[C@@H](O)[C@@H]1O.OC[C@H]1O[C@H](C/C=C/c2cccc(/C=C/C[C@H]3O[C@H](CO)[C@@H](O)[C@H](O)[C@@H]3O)c2)[C@@H](O)[C@@H](O)[C@@H]1O. The summed E-state index contributed by atoms with van der Waals surface area (Å²) in [5, 5.41) is 313. The first-order valence-corrected chi connectivity index (χ1v) is 46.7. The topological polar surface area (TPSA) is 748 Å². The average Bonchev–Trinajstić information content (AvgIpc) is 0.828. The molecule has 0 amide bonds. The summed E-state index contributed by atoms with van der Waals surface area (Å²) in [5.74, 6) is -1.12. The Balaban J connectivity index is 0.000000211. The number of esters is 1. The zero-order valence-electron chi connectivity index (χ0n) is 77.9. The fourth-order valence-electron chi connectivity index (χ4n) is 17.3. The highest BCUT2D eigenvalue weighted by molar-refractivity contribution is 5.94. The van der Waals surface area contributed by atoms with Gasteiger partial charge in [0.2, 0.25) is 0 Å². The molecule has 8 aliphatic heterocycles. The van der Waals surface area contributed by atoms with E-state index >= 15 is 0 Å². The Kier molecular flexibility index (Phi) is 47.6. The third-order valence-electron chi connectivity index (χ3n) is 26.0. The highest BCUT2D eigenvalue weighted by atomic mass is 19.1. The number of aliphatic hydroxyl groups is 32. The molecule has 32 N–H and O–H groups in total. The van der Waals surface area contributed by atoms with Crippen LogP contribution in [0.5, 0.6) is 0 Å². The Labute approximate surface area is 817 Å². The Morgan fingerprint density at radius 1 is 0.246 bits per heavy atom. The van der Waals surface area contributed by atoms with Gasteiger partial charge in [-0.15, -0.1) is 0 Å². The molecule has 0 bridgehead atoms. The minimum Gasteiger partial charge on any atom is -0.465 e. The van der Waals surface area contributed by atoms with Gasteiger partial charge in [-0.25, -0.2) is 9.18 Å². The highest BCUT2D eigenvalue weighted by Gasteiger charge is 2.50. The Morgan fingerprint density at radius 3 is 0.662 bits per heavy atom. The maximum Gasteiger partial charge on any atom is 0.338 e. The molecule has 0 spiro atoms. The first kappa shape index (κ1) is 118. The second kappa shape index (κ2) is 57.2. The molecule has 43 heteroatoms. The van der Waals surface area contributed by atoms with Crippen molar-refractivity contribution in [2.45, 2.75) is 302 Å². The van der Waals surface area contributed by atoms with Gasteiger partial charge in [0.1, 0.15) is 201 Å². The fraction of sp³-hybridized carbons (Fsp3) is 0.586. The van der Waals surface area contributed by atoms with Crippen LogP contribution >= 0.6 is 0 Å². The van der Waals surface area contributed by atoms with Crippen LogP contribution in [-0.2, 0) is 42.6 Å². The second-order valence-electron chi connectivity index (χ2n) is 35.9. The number of hydrogen-bond donors (Lipinski definition) is 32. The number of carbonyl (C=O) groups is 1. The molecule has 8 fully saturated rings. The molecule has 142 heavy (non-hydrogen) atoms. The minimum atomic E-state index is -1.47. The summed E-state index contributed by atoms with van der Waals surface area (Å²) in [6, 6.07) is 22.7. The van der Waals surface area contributed by atoms with Crippen LogP contribution in [0.4, 0.5) is 4.39 Å². The van der Waals surface area contributed by atoms with Crippen LogP contribution in [0.15, 0.2) is 127 Å². The van der Waals surface area contributed by atoms with E-state index in [1.165, 1.54) is 25.3 Å². The van der Waals surface area contributed by atoms with E-state index in [0.717, 1.165) is 27.8 Å². The minimum absolute atomic E-state index is 0.113. The van der Waals surface area contributed by atoms with E-state index in [4.69, 9.17) is 42.6 Å². The van der Waals surface area contributed by atoms with E-state index in [1.807, 2.05) is 73.7 Å². The van der Waals surface area contributed by atoms with Gasteiger partial charge in [0.15, 0.2) is 0 Å². The monoisotopic (exact) mass is 2020 g/mol. The lowest BCUT2D eigenvalue weighted by Gasteiger charge is -2.39. The van der Waals surface area contributed by atoms with Crippen molar-refractivity contribution in [3.8, 4) is 0 Å². The van der Waals surface area contributed by atoms with Crippen molar-refractivity contribution in [3.63, 3.8) is 0 Å². The van der Waals surface area contributed by atoms with E-state index in [2.05, 4.69) is 0 Å². The fourth-order valence-corrected chi connectivity index (χ4v) is 17.3. The van der Waals surface area contributed by atoms with Gasteiger partial charge < -0.3 is 206 Å². The number of carbonyl (C=O) groups excluding carboxylic acids is 1. The predicted molar refractivity (Wildman–Crippen MR) is 501 cm³/mol. The van der Waals surface area contributed by atoms with Gasteiger partial charge in [-0.1, -0.05) is 158 Å². The van der Waals surface area contributed by atoms with Crippen LogP contribution in [0, 0.1) is 12.7 Å². The predicted octanol–water partition coefficient (Wildman–Crippen LogP) is -7.05. The molecule has 4 aromatic rings. The number of ether oxygens (including phenoxy) is 9. The smallest absolute Gasteiger partial charge is 0.338 e. The standard InChI is InChI=1S/C26H36O12.C25H36O10.C24H33FO10.C24H34O10/c1-36-26(35)15-10-13(4-2-6-16-20(29)24(33)22(31)18(11-27)37-16)8-9-14(15)5-3-7-17-21(30)25(34)23(32)19(12-28)38-17;1-13-10-14(4-2-6-16-20(28)24(32)22(30)18(11-26)34-16)8-9-15(13)5-3-7-17-21(29)25(33)23(31)19(12-27)35-17;25-14-9-12(3-1-5-15-19(28)23(32)21(30)17(10-26)34-15)7-8-13(14)4-2-6-16-20(29)24(33)22(31)18(11-27)35-16;25-11-17-21(29)23(31)19(27)15(33-17)8-2-6-13-4-1-5-14(10-13)7-3-9-16-20(28)24(32)22(30)18(12-26)34-16/h2-5,8-10,16-25,27-34H,6-7,11-12H2,1H3;2-5,8-10,16-33H,6-7,11-12H2,1H3;1-4,7-9,15-24,26-33H,5-6,10-11H2;1-7,10,15-32H,8-9,11-12H2/b2*4-2+,5-3+;3-1+,4-2+;6-2+,7-3+/t2*16-,17-,18-,19-,20-,21-,22-,23-,24-,25-;2*15-,16-,17-,18-,19-,20-,21-,22-,23-,24-/m1111/s1. The van der Waals surface area contributed by atoms with E-state index in [-0.39, 0.29) is 62.5 Å². The first-order chi connectivity index (χ1) is 67.7. The summed E-state index contributed by atoms with van der Waals surface area (Å²) >= 11 is 0. The van der Waals surface area contributed by atoms with Crippen molar-refractivity contribution in [3.05, 3.63) is 189 Å². The summed E-state index contributed by atoms with van der Waals surface area (Å²) in [6.07, 6.45) is -18.5. The van der Waals surface area contributed by atoms with Crippen molar-refractivity contribution in [1.82, 2.24) is 0 Å². The molecular formula is C99H139FO42. The van der Waals surface area contributed by atoms with Gasteiger partial charge in [-0.2, -0.15) is 0 Å². The highest BCUT2D eigenvalue weighted by Crippen LogP contribution is 2.34. The summed E-state index contributed by atoms with van der Waals surface area (Å²) in [6.45, 7) is -2.01. The lowest BCUT2D eigenvalue weighted by Crippen LogP contribution is -2.58. The maximum atomic E-state index is 14.5. The molecular weight excluding hydrogens is 1880 g/mol. The number of aryl methyl sites for hydroxylation is 1. The van der Waals surface area contributed by atoms with Crippen molar-refractivity contribution >= 4 is 54.6 Å². The van der Waals surface area contributed by atoms with Crippen molar-refractivity contribution in [1.29, 1.82) is 0 Å². The van der Waals surface area contributed by atoms with Gasteiger partial charge in [0.25, 0.3) is 0 Å². The third-order valence-corrected chi connectivity index (χ3v) is 26.0. The Morgan fingerprint density at radius 2 is 0.437 bits per heavy atom. The molecule has 40 atom stereocenters. The average molecular weight is 2020 g/mol. The molecule has 0 aromatic heterocycles. The summed E-state index contributed by atoms with van der Waals surface area (Å²) in [7, 11) is 1.24. The summed E-state index contributed by atoms with van der Waals surface area (Å²) in [5.41, 5.74) is 6.70. The second-order valence-corrected chi connectivity index (χ2v) is 35.9. The van der Waals surface area contributed by atoms with Gasteiger partial charge >= 0.3 is 5.97 Å². The first-order valence-electron chi connectivity index (χ1n) is 46.7. The molecule has 8 aliphatic rings. The van der Waals surface area contributed by atoms with Crippen molar-refractivity contribution in [2.24, 2.45) is 0 Å². The molecule has 794 valence electrons. The number of rotatable bonds is 33. The van der Waals surface area contributed by atoms with Crippen molar-refractivity contribution < 1.29 is 215 Å². The molecule has 12 rings (SSSR count). The van der Waals surface area contributed by atoms with Gasteiger partial charge in [0, 0.05) is 5.56 Å². The van der Waals surface area contributed by atoms with Crippen LogP contribution in [-0.4, -0.2) is 474 Å². The zero-order chi connectivity index (χ0) is 104. The molecule has 0 unspecified atom stereocenters. The quantitative estimate of drug-likeness (QED) is 0.0197. The largest absolute Gasteiger partial charge is 0.465 e. The molecule has 0 saturated carbocycles. The Bertz CT molecular complexity index is 4490. The third kappa shape index (κ3) is 31.1. The normalized spacial score (nSPS) is 38.0. The lowest BCUT2D eigenvalue weighted by molar-refractivity contribution is -0.227. The summed E-state index contributed by atoms with van der Waals surface area (Å²) < 4.78 is 63.2. The van der Waals surface area contributed by atoms with E-state index in [1.54, 1.807) is 91.1 Å². The van der Waals surface area contributed by atoms with E-state index in [9.17, 15) is 173 Å². The number of halogens is 1. The van der Waals surface area contributed by atoms with Crippen LogP contribution in [0.3, 0.4) is 0 Å². The van der Waals surface area contributed by atoms with Crippen LogP contribution in [0.2, 0.25) is 0 Å². The summed E-state index contributed by atoms with van der Waals surface area (Å²) in [4.78, 5) is 12.4. The maximum absolute atomic E-state index is 14.5. The number of methoxy groups -OCH3 is 1. The number of hydrogen-bond acceptors (Lipinski definition) is 42. The van der Waals surface area contributed by atoms with Crippen LogP contribution in [0.25, 0.3) is 48.6 Å². The van der Waals surface area contributed by atoms with Crippen molar-refractivity contribution in [2.75, 3.05) is 60.0 Å². The van der Waals surface area contributed by atoms with Crippen LogP contribution < -0.4 is 0 Å². The molecule has 42 nitrogen and oxygen atoms in total. The van der Waals surface area contributed by atoms with E-state index in [0.29, 0.717) is 16.7 Å². The lowest BCUT2D eigenvalue weighted by atomic mass is 9.93. The molecule has 0 radical (unpaired) electrons. The van der Waals surface area contributed by atoms with E-state index < -0.39 is 309 Å². The number of benzene rings is 4. The Hall–Kier alpha value is -7.40. The van der Waals surface area contributed by atoms with Gasteiger partial charge in [-0.3, -0.25) is 0 Å². The van der Waals surface area contributed by atoms with Gasteiger partial charge in [-0.05, 0) is 121 Å². The molecule has 8 saturated heterocycles. The zero-order valence-corrected chi connectivity index (χ0v) is 77.9.